The lowest BCUT2D eigenvalue weighted by atomic mass is 10.1. The molecule has 1 rings (SSSR count). The molecular weight excluding hydrogens is 268 g/mol. The Morgan fingerprint density at radius 2 is 2.11 bits per heavy atom. The Morgan fingerprint density at radius 1 is 1.47 bits per heavy atom. The van der Waals surface area contributed by atoms with Crippen molar-refractivity contribution in [3.05, 3.63) is 35.4 Å². The molecule has 6 nitrogen and oxygen atoms in total. The van der Waals surface area contributed by atoms with Gasteiger partial charge in [0.2, 0.25) is 10.0 Å². The quantitative estimate of drug-likeness (QED) is 0.795. The zero-order chi connectivity index (χ0) is 14.5. The van der Waals surface area contributed by atoms with Crippen LogP contribution in [0.3, 0.4) is 0 Å². The van der Waals surface area contributed by atoms with E-state index in [0.29, 0.717) is 11.1 Å². The first-order valence-corrected chi connectivity index (χ1v) is 7.10. The maximum Gasteiger partial charge on any atom is 0.323 e. The maximum atomic E-state index is 11.9. The molecule has 1 aromatic rings. The topological polar surface area (TPSA) is 96.3 Å². The molecule has 7 heteroatoms. The first-order chi connectivity index (χ1) is 8.89. The van der Waals surface area contributed by atoms with Crippen LogP contribution in [0.15, 0.2) is 24.3 Å². The van der Waals surface area contributed by atoms with Crippen molar-refractivity contribution in [3.8, 4) is 6.07 Å². The molecule has 1 unspecified atom stereocenters. The van der Waals surface area contributed by atoms with Crippen LogP contribution in [0.25, 0.3) is 0 Å². The van der Waals surface area contributed by atoms with Gasteiger partial charge in [0.25, 0.3) is 0 Å². The van der Waals surface area contributed by atoms with E-state index in [0.717, 1.165) is 0 Å². The van der Waals surface area contributed by atoms with Crippen molar-refractivity contribution >= 4 is 16.0 Å². The number of hydrogen-bond acceptors (Lipinski definition) is 5. The predicted molar refractivity (Wildman–Crippen MR) is 68.4 cm³/mol. The molecular formula is C12H14N2O4S. The average molecular weight is 282 g/mol. The van der Waals surface area contributed by atoms with Crippen LogP contribution >= 0.6 is 0 Å². The number of nitriles is 1. The number of nitrogens with one attached hydrogen (secondary N) is 1. The molecule has 0 aliphatic heterocycles. The van der Waals surface area contributed by atoms with Gasteiger partial charge in [-0.25, -0.2) is 13.1 Å². The van der Waals surface area contributed by atoms with Crippen molar-refractivity contribution in [2.75, 3.05) is 7.11 Å². The van der Waals surface area contributed by atoms with Crippen LogP contribution in [-0.2, 0) is 25.3 Å². The maximum absolute atomic E-state index is 11.9. The summed E-state index contributed by atoms with van der Waals surface area (Å²) in [7, 11) is -2.54. The van der Waals surface area contributed by atoms with E-state index in [-0.39, 0.29) is 5.75 Å². The van der Waals surface area contributed by atoms with Crippen LogP contribution in [0.5, 0.6) is 0 Å². The minimum absolute atomic E-state index is 0.290. The Balaban J connectivity index is 2.86. The van der Waals surface area contributed by atoms with Crippen LogP contribution in [0.4, 0.5) is 0 Å². The number of hydrogen-bond donors (Lipinski definition) is 1. The van der Waals surface area contributed by atoms with Crippen molar-refractivity contribution in [1.82, 2.24) is 4.72 Å². The van der Waals surface area contributed by atoms with E-state index in [1.165, 1.54) is 20.1 Å². The number of esters is 1. The molecule has 1 aromatic carbocycles. The van der Waals surface area contributed by atoms with Crippen LogP contribution in [-0.4, -0.2) is 27.5 Å². The lowest BCUT2D eigenvalue weighted by Gasteiger charge is -2.12. The number of ether oxygens (including phenoxy) is 1. The third-order valence-electron chi connectivity index (χ3n) is 2.39. The second kappa shape index (κ2) is 6.31. The molecule has 0 saturated heterocycles. The highest BCUT2D eigenvalue weighted by Crippen LogP contribution is 2.11. The van der Waals surface area contributed by atoms with Gasteiger partial charge in [-0.1, -0.05) is 18.2 Å². The summed E-state index contributed by atoms with van der Waals surface area (Å²) in [6, 6.07) is 7.35. The van der Waals surface area contributed by atoms with Gasteiger partial charge < -0.3 is 4.74 Å². The van der Waals surface area contributed by atoms with Crippen molar-refractivity contribution in [2.45, 2.75) is 18.7 Å². The van der Waals surface area contributed by atoms with E-state index < -0.39 is 22.0 Å². The average Bonchev–Trinajstić information content (AvgIpc) is 2.37. The van der Waals surface area contributed by atoms with Crippen LogP contribution in [0.1, 0.15) is 18.1 Å². The van der Waals surface area contributed by atoms with E-state index in [1.807, 2.05) is 6.07 Å². The lowest BCUT2D eigenvalue weighted by molar-refractivity contribution is -0.142. The molecule has 0 radical (unpaired) electrons. The van der Waals surface area contributed by atoms with Gasteiger partial charge in [0, 0.05) is 0 Å². The van der Waals surface area contributed by atoms with Gasteiger partial charge in [0.1, 0.15) is 6.04 Å². The van der Waals surface area contributed by atoms with E-state index in [1.54, 1.807) is 18.2 Å². The van der Waals surface area contributed by atoms with Gasteiger partial charge in [-0.15, -0.1) is 0 Å². The van der Waals surface area contributed by atoms with Gasteiger partial charge >= 0.3 is 5.97 Å². The van der Waals surface area contributed by atoms with Crippen molar-refractivity contribution in [1.29, 1.82) is 5.26 Å². The highest BCUT2D eigenvalue weighted by atomic mass is 32.2. The zero-order valence-corrected chi connectivity index (χ0v) is 11.4. The molecule has 0 amide bonds. The Kier molecular flexibility index (Phi) is 5.03. The van der Waals surface area contributed by atoms with Gasteiger partial charge in [0.05, 0.1) is 24.5 Å². The fraction of sp³-hybridized carbons (Fsp3) is 0.333. The largest absolute Gasteiger partial charge is 0.468 e. The SMILES string of the molecule is COC(=O)C(C)NS(=O)(=O)Cc1ccccc1C#N. The highest BCUT2D eigenvalue weighted by molar-refractivity contribution is 7.88. The minimum Gasteiger partial charge on any atom is -0.468 e. The minimum atomic E-state index is -3.72. The molecule has 1 atom stereocenters. The summed E-state index contributed by atoms with van der Waals surface area (Å²) in [5.74, 6) is -1.03. The van der Waals surface area contributed by atoms with E-state index >= 15 is 0 Å². The molecule has 1 N–H and O–H groups in total. The second-order valence-corrected chi connectivity index (χ2v) is 5.64. The zero-order valence-electron chi connectivity index (χ0n) is 10.6. The molecule has 102 valence electrons. The van der Waals surface area contributed by atoms with Gasteiger partial charge in [-0.3, -0.25) is 4.79 Å². The Labute approximate surface area is 112 Å². The third kappa shape index (κ3) is 4.35. The molecule has 0 aromatic heterocycles. The molecule has 0 aliphatic rings. The summed E-state index contributed by atoms with van der Waals surface area (Å²) in [6.45, 7) is 1.39. The summed E-state index contributed by atoms with van der Waals surface area (Å²) in [5.41, 5.74) is 0.674. The third-order valence-corrected chi connectivity index (χ3v) is 3.80. The number of carbonyl (C=O) groups is 1. The fourth-order valence-electron chi connectivity index (χ4n) is 1.50. The summed E-state index contributed by atoms with van der Waals surface area (Å²) in [6.07, 6.45) is 0. The van der Waals surface area contributed by atoms with Gasteiger partial charge in [-0.2, -0.15) is 5.26 Å². The Bertz CT molecular complexity index is 604. The molecule has 0 aliphatic carbocycles. The number of rotatable bonds is 5. The monoisotopic (exact) mass is 282 g/mol. The fourth-order valence-corrected chi connectivity index (χ4v) is 2.88. The van der Waals surface area contributed by atoms with E-state index in [4.69, 9.17) is 5.26 Å². The molecule has 0 bridgehead atoms. The molecule has 0 saturated carbocycles. The van der Waals surface area contributed by atoms with Crippen LogP contribution < -0.4 is 4.72 Å². The van der Waals surface area contributed by atoms with Crippen molar-refractivity contribution in [3.63, 3.8) is 0 Å². The predicted octanol–water partition coefficient (Wildman–Crippen LogP) is 0.539. The first kappa shape index (κ1) is 15.1. The smallest absolute Gasteiger partial charge is 0.323 e. The van der Waals surface area contributed by atoms with E-state index in [9.17, 15) is 13.2 Å². The van der Waals surface area contributed by atoms with E-state index in [2.05, 4.69) is 9.46 Å². The number of nitrogens with zero attached hydrogens (tertiary/aromatic N) is 1. The Hall–Kier alpha value is -1.91. The number of carbonyl (C=O) groups excluding carboxylic acids is 1. The summed E-state index contributed by atoms with van der Waals surface area (Å²) < 4.78 is 30.4. The van der Waals surface area contributed by atoms with Gasteiger partial charge in [0.15, 0.2) is 0 Å². The van der Waals surface area contributed by atoms with Gasteiger partial charge in [-0.05, 0) is 18.6 Å². The summed E-state index contributed by atoms with van der Waals surface area (Å²) in [5, 5.41) is 8.88. The summed E-state index contributed by atoms with van der Waals surface area (Å²) >= 11 is 0. The van der Waals surface area contributed by atoms with Crippen LogP contribution in [0, 0.1) is 11.3 Å². The number of methoxy groups -OCH3 is 1. The van der Waals surface area contributed by atoms with Crippen molar-refractivity contribution in [2.24, 2.45) is 0 Å². The molecule has 0 fully saturated rings. The molecule has 0 spiro atoms. The van der Waals surface area contributed by atoms with Crippen LogP contribution in [0.2, 0.25) is 0 Å². The lowest BCUT2D eigenvalue weighted by Crippen LogP contribution is -2.39. The molecule has 19 heavy (non-hydrogen) atoms. The molecule has 0 heterocycles. The number of sulfonamides is 1. The number of benzene rings is 1. The second-order valence-electron chi connectivity index (χ2n) is 3.89. The highest BCUT2D eigenvalue weighted by Gasteiger charge is 2.21. The first-order valence-electron chi connectivity index (χ1n) is 5.45. The standard InChI is InChI=1S/C12H14N2O4S/c1-9(12(15)18-2)14-19(16,17)8-11-6-4-3-5-10(11)7-13/h3-6,9,14H,8H2,1-2H3. The normalized spacial score (nSPS) is 12.5. The Morgan fingerprint density at radius 3 is 2.68 bits per heavy atom. The summed E-state index contributed by atoms with van der Waals surface area (Å²) in [4.78, 5) is 11.2. The van der Waals surface area contributed by atoms with Crippen molar-refractivity contribution < 1.29 is 17.9 Å².